The highest BCUT2D eigenvalue weighted by atomic mass is 19.1. The van der Waals surface area contributed by atoms with Gasteiger partial charge in [-0.2, -0.15) is 0 Å². The van der Waals surface area contributed by atoms with Crippen LogP contribution in [0, 0.1) is 19.7 Å². The van der Waals surface area contributed by atoms with Crippen LogP contribution in [0.3, 0.4) is 0 Å². The zero-order valence-corrected chi connectivity index (χ0v) is 37.0. The molecule has 0 aliphatic heterocycles. The van der Waals surface area contributed by atoms with Crippen molar-refractivity contribution >= 4 is 40.4 Å². The number of aryl methyl sites for hydroxylation is 4. The van der Waals surface area contributed by atoms with E-state index < -0.39 is 0 Å². The highest BCUT2D eigenvalue weighted by molar-refractivity contribution is 5.83. The molecule has 3 nitrogen and oxygen atoms in total. The number of hydrogen-bond donors (Lipinski definition) is 0. The molecule has 0 atom stereocenters. The Kier molecular flexibility index (Phi) is 13.3. The standard InChI is InChI=1S/C61H52FN3/c1-44-36-54(42-63-40-44)61(55-37-45(2)41-64-43-55)17-9-11-47-24-33-58(34-25-47)65(59-35-28-50-12-6-7-15-53(50)39-59)57-31-22-46(23-32-57)10-8-16-60(51-13-4-3-5-14-51)52-26-18-48(19-27-52)38-49-20-29-56(62)30-21-49/h3-5,8-11,13-14,16-37,39-43H,6-7,12,15,38H2,1-2H3/b10-8+,11-9+,60-16+. The highest BCUT2D eigenvalue weighted by Gasteiger charge is 2.17. The summed E-state index contributed by atoms with van der Waals surface area (Å²) in [6, 6.07) is 55.0. The first-order chi connectivity index (χ1) is 31.9. The fourth-order valence-corrected chi connectivity index (χ4v) is 8.67. The van der Waals surface area contributed by atoms with Crippen molar-refractivity contribution in [2.45, 2.75) is 46.0 Å². The molecule has 0 radical (unpaired) electrons. The fraction of sp³-hybridized carbons (Fsp3) is 0.115. The summed E-state index contributed by atoms with van der Waals surface area (Å²) in [7, 11) is 0. The molecule has 6 aromatic carbocycles. The van der Waals surface area contributed by atoms with Crippen molar-refractivity contribution in [3.05, 3.63) is 279 Å². The topological polar surface area (TPSA) is 29.0 Å². The van der Waals surface area contributed by atoms with Crippen molar-refractivity contribution in [2.75, 3.05) is 4.90 Å². The van der Waals surface area contributed by atoms with E-state index in [0.717, 1.165) is 91.9 Å². The van der Waals surface area contributed by atoms with E-state index >= 15 is 0 Å². The molecule has 0 bridgehead atoms. The number of aromatic nitrogens is 2. The molecule has 318 valence electrons. The van der Waals surface area contributed by atoms with Crippen molar-refractivity contribution in [1.82, 2.24) is 9.97 Å². The van der Waals surface area contributed by atoms with E-state index in [0.29, 0.717) is 0 Å². The Balaban J connectivity index is 0.975. The molecule has 1 aliphatic rings. The van der Waals surface area contributed by atoms with Crippen LogP contribution in [-0.2, 0) is 19.3 Å². The van der Waals surface area contributed by atoms with Gasteiger partial charge >= 0.3 is 0 Å². The number of halogens is 1. The lowest BCUT2D eigenvalue weighted by Gasteiger charge is -2.27. The molecular weight excluding hydrogens is 794 g/mol. The monoisotopic (exact) mass is 845 g/mol. The molecule has 2 heterocycles. The van der Waals surface area contributed by atoms with Crippen molar-refractivity contribution in [3.8, 4) is 0 Å². The molecule has 4 heteroatoms. The number of pyridine rings is 2. The summed E-state index contributed by atoms with van der Waals surface area (Å²) in [6.07, 6.45) is 26.1. The SMILES string of the molecule is Cc1cncc(C(=C/C=C/c2ccc(N(c3ccc(/C=C/C=C(\c4ccccc4)c4ccc(Cc5ccc(F)cc5)cc4)cc3)c3ccc4c(c3)CCCC4)cc2)c2cncc(C)c2)c1. The van der Waals surface area contributed by atoms with Crippen LogP contribution < -0.4 is 4.90 Å². The van der Waals surface area contributed by atoms with Gasteiger partial charge in [-0.1, -0.05) is 134 Å². The van der Waals surface area contributed by atoms with Gasteiger partial charge in [0, 0.05) is 53.0 Å². The molecule has 0 saturated heterocycles. The molecule has 8 aromatic rings. The van der Waals surface area contributed by atoms with Crippen LogP contribution in [0.15, 0.2) is 207 Å². The summed E-state index contributed by atoms with van der Waals surface area (Å²) in [4.78, 5) is 11.3. The van der Waals surface area contributed by atoms with Crippen LogP contribution in [0.1, 0.15) is 79.6 Å². The second-order valence-electron chi connectivity index (χ2n) is 16.9. The van der Waals surface area contributed by atoms with E-state index in [1.54, 1.807) is 0 Å². The van der Waals surface area contributed by atoms with Crippen LogP contribution in [0.2, 0.25) is 0 Å². The molecule has 9 rings (SSSR count). The van der Waals surface area contributed by atoms with Crippen LogP contribution in [-0.4, -0.2) is 9.97 Å². The lowest BCUT2D eigenvalue weighted by molar-refractivity contribution is 0.627. The third-order valence-electron chi connectivity index (χ3n) is 12.0. The summed E-state index contributed by atoms with van der Waals surface area (Å²) in [5, 5.41) is 0. The smallest absolute Gasteiger partial charge is 0.123 e. The summed E-state index contributed by atoms with van der Waals surface area (Å²) in [6.45, 7) is 4.14. The normalized spacial score (nSPS) is 12.6. The van der Waals surface area contributed by atoms with E-state index in [-0.39, 0.29) is 5.82 Å². The Morgan fingerprint density at radius 3 is 1.54 bits per heavy atom. The van der Waals surface area contributed by atoms with Crippen LogP contribution >= 0.6 is 0 Å². The third-order valence-corrected chi connectivity index (χ3v) is 12.0. The maximum atomic E-state index is 13.5. The first kappa shape index (κ1) is 42.6. The number of benzene rings is 6. The third kappa shape index (κ3) is 10.7. The number of allylic oxidation sites excluding steroid dienone is 4. The zero-order chi connectivity index (χ0) is 44.4. The van der Waals surface area contributed by atoms with Gasteiger partial charge in [0.05, 0.1) is 0 Å². The van der Waals surface area contributed by atoms with E-state index in [1.165, 1.54) is 47.4 Å². The van der Waals surface area contributed by atoms with Crippen molar-refractivity contribution in [3.63, 3.8) is 0 Å². The molecule has 2 aromatic heterocycles. The largest absolute Gasteiger partial charge is 0.310 e. The van der Waals surface area contributed by atoms with Crippen molar-refractivity contribution in [2.24, 2.45) is 0 Å². The van der Waals surface area contributed by atoms with Crippen LogP contribution in [0.25, 0.3) is 23.3 Å². The van der Waals surface area contributed by atoms with Crippen LogP contribution in [0.5, 0.6) is 0 Å². The zero-order valence-electron chi connectivity index (χ0n) is 37.0. The second kappa shape index (κ2) is 20.2. The summed E-state index contributed by atoms with van der Waals surface area (Å²) >= 11 is 0. The molecule has 0 fully saturated rings. The molecule has 65 heavy (non-hydrogen) atoms. The second-order valence-corrected chi connectivity index (χ2v) is 16.9. The number of anilines is 3. The summed E-state index contributed by atoms with van der Waals surface area (Å²) < 4.78 is 13.5. The Hall–Kier alpha value is -7.69. The highest BCUT2D eigenvalue weighted by Crippen LogP contribution is 2.37. The molecule has 0 saturated carbocycles. The minimum absolute atomic E-state index is 0.211. The van der Waals surface area contributed by atoms with E-state index in [1.807, 2.05) is 43.0 Å². The van der Waals surface area contributed by atoms with Gasteiger partial charge in [-0.25, -0.2) is 4.39 Å². The molecule has 0 N–H and O–H groups in total. The van der Waals surface area contributed by atoms with Gasteiger partial charge in [-0.3, -0.25) is 9.97 Å². The molecular formula is C61H52FN3. The number of fused-ring (bicyclic) bond motifs is 1. The minimum atomic E-state index is -0.211. The number of rotatable bonds is 13. The minimum Gasteiger partial charge on any atom is -0.310 e. The van der Waals surface area contributed by atoms with Crippen LogP contribution in [0.4, 0.5) is 21.5 Å². The first-order valence-electron chi connectivity index (χ1n) is 22.5. The van der Waals surface area contributed by atoms with Gasteiger partial charge in [0.2, 0.25) is 0 Å². The molecule has 1 aliphatic carbocycles. The van der Waals surface area contributed by atoms with Gasteiger partial charge < -0.3 is 4.90 Å². The van der Waals surface area contributed by atoms with Gasteiger partial charge in [-0.05, 0) is 173 Å². The number of hydrogen-bond acceptors (Lipinski definition) is 3. The van der Waals surface area contributed by atoms with E-state index in [2.05, 4.69) is 193 Å². The van der Waals surface area contributed by atoms with Gasteiger partial charge in [0.25, 0.3) is 0 Å². The lowest BCUT2D eigenvalue weighted by atomic mass is 9.91. The average molecular weight is 846 g/mol. The van der Waals surface area contributed by atoms with Gasteiger partial charge in [0.15, 0.2) is 0 Å². The maximum absolute atomic E-state index is 13.5. The van der Waals surface area contributed by atoms with Crippen molar-refractivity contribution < 1.29 is 4.39 Å². The lowest BCUT2D eigenvalue weighted by Crippen LogP contribution is -2.12. The molecule has 0 spiro atoms. The average Bonchev–Trinajstić information content (AvgIpc) is 3.34. The quantitative estimate of drug-likeness (QED) is 0.108. The number of nitrogens with zero attached hydrogens (tertiary/aromatic N) is 3. The van der Waals surface area contributed by atoms with E-state index in [4.69, 9.17) is 0 Å². The summed E-state index contributed by atoms with van der Waals surface area (Å²) in [5.41, 5.74) is 19.7. The van der Waals surface area contributed by atoms with Crippen molar-refractivity contribution in [1.29, 1.82) is 0 Å². The fourth-order valence-electron chi connectivity index (χ4n) is 8.67. The first-order valence-corrected chi connectivity index (χ1v) is 22.5. The van der Waals surface area contributed by atoms with Gasteiger partial charge in [0.1, 0.15) is 5.82 Å². The Labute approximate surface area is 383 Å². The molecule has 0 amide bonds. The molecule has 0 unspecified atom stereocenters. The Bertz CT molecular complexity index is 2950. The summed E-state index contributed by atoms with van der Waals surface area (Å²) in [5.74, 6) is -0.211. The predicted octanol–water partition coefficient (Wildman–Crippen LogP) is 15.5. The maximum Gasteiger partial charge on any atom is 0.123 e. The van der Waals surface area contributed by atoms with Gasteiger partial charge in [-0.15, -0.1) is 0 Å². The van der Waals surface area contributed by atoms with E-state index in [9.17, 15) is 4.39 Å². The Morgan fingerprint density at radius 1 is 0.492 bits per heavy atom. The predicted molar refractivity (Wildman–Crippen MR) is 270 cm³/mol. The Morgan fingerprint density at radius 2 is 0.985 bits per heavy atom.